The van der Waals surface area contributed by atoms with Crippen molar-refractivity contribution in [3.05, 3.63) is 0 Å². The molecule has 17 heavy (non-hydrogen) atoms. The molecule has 4 nitrogen and oxygen atoms in total. The maximum atomic E-state index is 10.9. The molecule has 0 aromatic rings. The molecule has 0 saturated carbocycles. The standard InChI is InChI=1S/C13H24N2O2/c14-13(16)9-11-4-6-15(7-5-11)10-12-3-1-2-8-17-12/h11-12H,1-10H2,(H2,14,16)/t12-/m1/s1. The molecule has 0 radical (unpaired) electrons. The first-order valence-electron chi connectivity index (χ1n) is 6.86. The lowest BCUT2D eigenvalue weighted by molar-refractivity contribution is -0.119. The van der Waals surface area contributed by atoms with Gasteiger partial charge in [-0.05, 0) is 51.1 Å². The van der Waals surface area contributed by atoms with Gasteiger partial charge in [0.05, 0.1) is 6.10 Å². The van der Waals surface area contributed by atoms with Gasteiger partial charge in [0.2, 0.25) is 5.91 Å². The average Bonchev–Trinajstić information content (AvgIpc) is 2.32. The quantitative estimate of drug-likeness (QED) is 0.802. The Bertz CT molecular complexity index is 244. The number of primary amides is 1. The molecule has 0 aromatic carbocycles. The lowest BCUT2D eigenvalue weighted by atomic mass is 9.93. The highest BCUT2D eigenvalue weighted by Crippen LogP contribution is 2.22. The highest BCUT2D eigenvalue weighted by atomic mass is 16.5. The molecule has 2 heterocycles. The minimum absolute atomic E-state index is 0.154. The van der Waals surface area contributed by atoms with E-state index < -0.39 is 0 Å². The molecule has 0 aromatic heterocycles. The summed E-state index contributed by atoms with van der Waals surface area (Å²) in [6.45, 7) is 4.20. The summed E-state index contributed by atoms with van der Waals surface area (Å²) in [6, 6.07) is 0. The molecule has 4 heteroatoms. The molecule has 2 saturated heterocycles. The number of ether oxygens (including phenoxy) is 1. The summed E-state index contributed by atoms with van der Waals surface area (Å²) in [5.74, 6) is 0.357. The van der Waals surface area contributed by atoms with Gasteiger partial charge < -0.3 is 15.4 Å². The summed E-state index contributed by atoms with van der Waals surface area (Å²) in [6.07, 6.45) is 6.96. The van der Waals surface area contributed by atoms with Crippen LogP contribution in [0.25, 0.3) is 0 Å². The van der Waals surface area contributed by atoms with Gasteiger partial charge in [-0.3, -0.25) is 4.79 Å². The van der Waals surface area contributed by atoms with Gasteiger partial charge >= 0.3 is 0 Å². The van der Waals surface area contributed by atoms with Crippen molar-refractivity contribution in [2.75, 3.05) is 26.2 Å². The van der Waals surface area contributed by atoms with E-state index in [0.717, 1.165) is 39.1 Å². The van der Waals surface area contributed by atoms with Crippen molar-refractivity contribution in [2.24, 2.45) is 11.7 Å². The Kier molecular flexibility index (Phi) is 4.80. The first-order chi connectivity index (χ1) is 8.24. The second-order valence-electron chi connectivity index (χ2n) is 5.40. The minimum atomic E-state index is -0.154. The fourth-order valence-corrected chi connectivity index (χ4v) is 2.90. The summed E-state index contributed by atoms with van der Waals surface area (Å²) in [5.41, 5.74) is 5.23. The fourth-order valence-electron chi connectivity index (χ4n) is 2.90. The number of carbonyl (C=O) groups is 1. The Morgan fingerprint density at radius 1 is 1.24 bits per heavy atom. The Labute approximate surface area is 103 Å². The normalized spacial score (nSPS) is 28.1. The number of piperidine rings is 1. The SMILES string of the molecule is NC(=O)CC1CCN(C[C@H]2CCCCO2)CC1. The molecule has 2 aliphatic rings. The van der Waals surface area contributed by atoms with E-state index in [9.17, 15) is 4.79 Å². The first kappa shape index (κ1) is 12.8. The molecular formula is C13H24N2O2. The van der Waals surface area contributed by atoms with Crippen LogP contribution in [0.2, 0.25) is 0 Å². The van der Waals surface area contributed by atoms with Crippen molar-refractivity contribution in [1.29, 1.82) is 0 Å². The van der Waals surface area contributed by atoms with E-state index in [-0.39, 0.29) is 5.91 Å². The van der Waals surface area contributed by atoms with Gasteiger partial charge in [-0.1, -0.05) is 0 Å². The van der Waals surface area contributed by atoms with E-state index in [1.165, 1.54) is 19.3 Å². The predicted octanol–water partition coefficient (Wildman–Crippen LogP) is 1.14. The number of likely N-dealkylation sites (tertiary alicyclic amines) is 1. The van der Waals surface area contributed by atoms with Crippen molar-refractivity contribution >= 4 is 5.91 Å². The van der Waals surface area contributed by atoms with Crippen molar-refractivity contribution in [3.8, 4) is 0 Å². The van der Waals surface area contributed by atoms with Gasteiger partial charge in [-0.25, -0.2) is 0 Å². The average molecular weight is 240 g/mol. The Hall–Kier alpha value is -0.610. The number of hydrogen-bond donors (Lipinski definition) is 1. The number of rotatable bonds is 4. The van der Waals surface area contributed by atoms with E-state index >= 15 is 0 Å². The van der Waals surface area contributed by atoms with Crippen molar-refractivity contribution < 1.29 is 9.53 Å². The topological polar surface area (TPSA) is 55.6 Å². The van der Waals surface area contributed by atoms with Crippen LogP contribution in [0.4, 0.5) is 0 Å². The van der Waals surface area contributed by atoms with Crippen LogP contribution in [0.1, 0.15) is 38.5 Å². The van der Waals surface area contributed by atoms with E-state index in [1.807, 2.05) is 0 Å². The third-order valence-electron chi connectivity index (χ3n) is 3.93. The predicted molar refractivity (Wildman–Crippen MR) is 66.6 cm³/mol. The smallest absolute Gasteiger partial charge is 0.217 e. The van der Waals surface area contributed by atoms with Gasteiger partial charge in [0.15, 0.2) is 0 Å². The molecule has 0 aliphatic carbocycles. The van der Waals surface area contributed by atoms with E-state index in [4.69, 9.17) is 10.5 Å². The zero-order valence-corrected chi connectivity index (χ0v) is 10.6. The van der Waals surface area contributed by atoms with E-state index in [2.05, 4.69) is 4.90 Å². The molecule has 2 N–H and O–H groups in total. The lowest BCUT2D eigenvalue weighted by Gasteiger charge is -2.35. The largest absolute Gasteiger partial charge is 0.377 e. The van der Waals surface area contributed by atoms with Crippen molar-refractivity contribution in [1.82, 2.24) is 4.90 Å². The molecule has 2 rings (SSSR count). The number of nitrogens with zero attached hydrogens (tertiary/aromatic N) is 1. The van der Waals surface area contributed by atoms with Gasteiger partial charge in [0, 0.05) is 19.6 Å². The molecule has 98 valence electrons. The first-order valence-corrected chi connectivity index (χ1v) is 6.86. The Morgan fingerprint density at radius 2 is 2.00 bits per heavy atom. The summed E-state index contributed by atoms with van der Waals surface area (Å²) in [7, 11) is 0. The van der Waals surface area contributed by atoms with Crippen LogP contribution >= 0.6 is 0 Å². The Balaban J connectivity index is 1.66. The van der Waals surface area contributed by atoms with Crippen LogP contribution in [0.3, 0.4) is 0 Å². The maximum absolute atomic E-state index is 10.9. The van der Waals surface area contributed by atoms with Crippen LogP contribution in [0, 0.1) is 5.92 Å². The summed E-state index contributed by atoms with van der Waals surface area (Å²) in [5, 5.41) is 0. The van der Waals surface area contributed by atoms with Crippen LogP contribution in [0.5, 0.6) is 0 Å². The third-order valence-corrected chi connectivity index (χ3v) is 3.93. The van der Waals surface area contributed by atoms with Gasteiger partial charge in [-0.2, -0.15) is 0 Å². The van der Waals surface area contributed by atoms with Crippen LogP contribution < -0.4 is 5.73 Å². The molecule has 0 unspecified atom stereocenters. The van der Waals surface area contributed by atoms with Crippen LogP contribution in [-0.2, 0) is 9.53 Å². The molecule has 2 aliphatic heterocycles. The zero-order valence-electron chi connectivity index (χ0n) is 10.6. The molecular weight excluding hydrogens is 216 g/mol. The maximum Gasteiger partial charge on any atom is 0.217 e. The lowest BCUT2D eigenvalue weighted by Crippen LogP contribution is -2.41. The second-order valence-corrected chi connectivity index (χ2v) is 5.40. The Morgan fingerprint density at radius 3 is 2.59 bits per heavy atom. The number of nitrogens with two attached hydrogens (primary N) is 1. The van der Waals surface area contributed by atoms with Crippen LogP contribution in [0.15, 0.2) is 0 Å². The highest BCUT2D eigenvalue weighted by molar-refractivity contribution is 5.73. The zero-order chi connectivity index (χ0) is 12.1. The van der Waals surface area contributed by atoms with E-state index in [0.29, 0.717) is 18.4 Å². The monoisotopic (exact) mass is 240 g/mol. The molecule has 1 amide bonds. The van der Waals surface area contributed by atoms with Crippen LogP contribution in [-0.4, -0.2) is 43.2 Å². The molecule has 2 fully saturated rings. The molecule has 0 spiro atoms. The number of hydrogen-bond acceptors (Lipinski definition) is 3. The number of amides is 1. The summed E-state index contributed by atoms with van der Waals surface area (Å²) < 4.78 is 5.76. The van der Waals surface area contributed by atoms with Crippen molar-refractivity contribution in [2.45, 2.75) is 44.6 Å². The summed E-state index contributed by atoms with van der Waals surface area (Å²) >= 11 is 0. The summed E-state index contributed by atoms with van der Waals surface area (Å²) in [4.78, 5) is 13.3. The van der Waals surface area contributed by atoms with Gasteiger partial charge in [0.1, 0.15) is 0 Å². The van der Waals surface area contributed by atoms with E-state index in [1.54, 1.807) is 0 Å². The molecule has 1 atom stereocenters. The minimum Gasteiger partial charge on any atom is -0.377 e. The van der Waals surface area contributed by atoms with Gasteiger partial charge in [0.25, 0.3) is 0 Å². The second kappa shape index (κ2) is 6.36. The van der Waals surface area contributed by atoms with Crippen molar-refractivity contribution in [3.63, 3.8) is 0 Å². The third kappa shape index (κ3) is 4.28. The fraction of sp³-hybridized carbons (Fsp3) is 0.923. The number of carbonyl (C=O) groups excluding carboxylic acids is 1. The molecule has 0 bridgehead atoms. The van der Waals surface area contributed by atoms with Gasteiger partial charge in [-0.15, -0.1) is 0 Å². The highest BCUT2D eigenvalue weighted by Gasteiger charge is 2.23.